The molecular weight excluding hydrogens is 278 g/mol. The van der Waals surface area contributed by atoms with Gasteiger partial charge in [-0.1, -0.05) is 30.1 Å². The van der Waals surface area contributed by atoms with Crippen LogP contribution in [0.3, 0.4) is 0 Å². The Labute approximate surface area is 115 Å². The SMILES string of the molecule is CC(CN)CCC(=O)Nc1c(Cl)cc(F)cc1Cl. The molecule has 0 aromatic heterocycles. The van der Waals surface area contributed by atoms with Gasteiger partial charge < -0.3 is 11.1 Å². The average Bonchev–Trinajstić information content (AvgIpc) is 2.30. The maximum atomic E-state index is 12.9. The molecule has 18 heavy (non-hydrogen) atoms. The summed E-state index contributed by atoms with van der Waals surface area (Å²) in [7, 11) is 0. The predicted molar refractivity (Wildman–Crippen MR) is 72.5 cm³/mol. The molecule has 1 amide bonds. The molecule has 0 heterocycles. The fourth-order valence-corrected chi connectivity index (χ4v) is 1.91. The summed E-state index contributed by atoms with van der Waals surface area (Å²) in [6.45, 7) is 2.50. The van der Waals surface area contributed by atoms with Crippen molar-refractivity contribution in [2.75, 3.05) is 11.9 Å². The molecule has 1 aromatic carbocycles. The van der Waals surface area contributed by atoms with Crippen LogP contribution in [0.4, 0.5) is 10.1 Å². The number of carbonyl (C=O) groups excluding carboxylic acids is 1. The van der Waals surface area contributed by atoms with Gasteiger partial charge in [0.1, 0.15) is 5.82 Å². The maximum absolute atomic E-state index is 12.9. The monoisotopic (exact) mass is 292 g/mol. The Morgan fingerprint density at radius 1 is 1.44 bits per heavy atom. The molecule has 3 nitrogen and oxygen atoms in total. The van der Waals surface area contributed by atoms with Crippen molar-refractivity contribution in [3.8, 4) is 0 Å². The molecule has 0 fully saturated rings. The zero-order valence-electron chi connectivity index (χ0n) is 9.97. The maximum Gasteiger partial charge on any atom is 0.224 e. The minimum atomic E-state index is -0.542. The van der Waals surface area contributed by atoms with Crippen LogP contribution in [0.15, 0.2) is 12.1 Å². The summed E-state index contributed by atoms with van der Waals surface area (Å²) in [5.41, 5.74) is 5.70. The molecule has 0 aliphatic rings. The Bertz CT molecular complexity index is 417. The van der Waals surface area contributed by atoms with Crippen molar-refractivity contribution in [2.45, 2.75) is 19.8 Å². The molecule has 0 spiro atoms. The third-order valence-corrected chi connectivity index (χ3v) is 3.13. The number of hydrogen-bond acceptors (Lipinski definition) is 2. The second-order valence-electron chi connectivity index (χ2n) is 4.17. The number of nitrogens with one attached hydrogen (secondary N) is 1. The van der Waals surface area contributed by atoms with Crippen molar-refractivity contribution in [3.63, 3.8) is 0 Å². The van der Waals surface area contributed by atoms with Gasteiger partial charge >= 0.3 is 0 Å². The molecule has 0 aliphatic heterocycles. The zero-order chi connectivity index (χ0) is 13.7. The molecular formula is C12H15Cl2FN2O. The van der Waals surface area contributed by atoms with Crippen LogP contribution in [0.2, 0.25) is 10.0 Å². The van der Waals surface area contributed by atoms with E-state index in [4.69, 9.17) is 28.9 Å². The molecule has 0 bridgehead atoms. The molecule has 1 aromatic rings. The molecule has 0 radical (unpaired) electrons. The van der Waals surface area contributed by atoms with Gasteiger partial charge in [0.15, 0.2) is 0 Å². The van der Waals surface area contributed by atoms with Gasteiger partial charge in [-0.3, -0.25) is 4.79 Å². The highest BCUT2D eigenvalue weighted by Crippen LogP contribution is 2.31. The number of amides is 1. The minimum Gasteiger partial charge on any atom is -0.330 e. The highest BCUT2D eigenvalue weighted by molar-refractivity contribution is 6.39. The molecule has 0 aliphatic carbocycles. The Kier molecular flexibility index (Phi) is 5.85. The zero-order valence-corrected chi connectivity index (χ0v) is 11.5. The lowest BCUT2D eigenvalue weighted by molar-refractivity contribution is -0.116. The Morgan fingerprint density at radius 3 is 2.50 bits per heavy atom. The van der Waals surface area contributed by atoms with E-state index >= 15 is 0 Å². The van der Waals surface area contributed by atoms with Gasteiger partial charge in [-0.25, -0.2) is 4.39 Å². The Hall–Kier alpha value is -0.840. The molecule has 3 N–H and O–H groups in total. The van der Waals surface area contributed by atoms with Gasteiger partial charge in [-0.2, -0.15) is 0 Å². The van der Waals surface area contributed by atoms with E-state index in [0.717, 1.165) is 12.1 Å². The molecule has 0 saturated carbocycles. The highest BCUT2D eigenvalue weighted by Gasteiger charge is 2.12. The van der Waals surface area contributed by atoms with Crippen LogP contribution in [0.5, 0.6) is 0 Å². The summed E-state index contributed by atoms with van der Waals surface area (Å²) in [6.07, 6.45) is 1.00. The van der Waals surface area contributed by atoms with Crippen LogP contribution in [-0.4, -0.2) is 12.5 Å². The van der Waals surface area contributed by atoms with Gasteiger partial charge in [0.05, 0.1) is 15.7 Å². The molecule has 100 valence electrons. The van der Waals surface area contributed by atoms with Crippen LogP contribution in [-0.2, 0) is 4.79 Å². The largest absolute Gasteiger partial charge is 0.330 e. The Balaban J connectivity index is 2.65. The van der Waals surface area contributed by atoms with E-state index in [2.05, 4.69) is 5.32 Å². The van der Waals surface area contributed by atoms with Crippen molar-refractivity contribution < 1.29 is 9.18 Å². The summed E-state index contributed by atoms with van der Waals surface area (Å²) >= 11 is 11.6. The Morgan fingerprint density at radius 2 is 2.00 bits per heavy atom. The number of halogens is 3. The van der Waals surface area contributed by atoms with Crippen molar-refractivity contribution in [2.24, 2.45) is 11.7 Å². The standard InChI is InChI=1S/C12H15Cl2FN2O/c1-7(6-16)2-3-11(18)17-12-9(13)4-8(15)5-10(12)14/h4-5,7H,2-3,6,16H2,1H3,(H,17,18). The molecule has 1 unspecified atom stereocenters. The highest BCUT2D eigenvalue weighted by atomic mass is 35.5. The number of benzene rings is 1. The van der Waals surface area contributed by atoms with Gasteiger partial charge in [-0.05, 0) is 31.0 Å². The van der Waals surface area contributed by atoms with Crippen LogP contribution in [0, 0.1) is 11.7 Å². The first-order valence-electron chi connectivity index (χ1n) is 5.58. The first kappa shape index (κ1) is 15.2. The topological polar surface area (TPSA) is 55.1 Å². The third-order valence-electron chi connectivity index (χ3n) is 2.54. The van der Waals surface area contributed by atoms with Gasteiger partial charge in [0.2, 0.25) is 5.91 Å². The average molecular weight is 293 g/mol. The minimum absolute atomic E-state index is 0.0835. The normalized spacial score (nSPS) is 12.3. The molecule has 1 atom stereocenters. The summed E-state index contributed by atoms with van der Waals surface area (Å²) in [4.78, 5) is 11.7. The molecule has 1 rings (SSSR count). The van der Waals surface area contributed by atoms with Crippen molar-refractivity contribution in [1.82, 2.24) is 0 Å². The summed E-state index contributed by atoms with van der Waals surface area (Å²) < 4.78 is 12.9. The van der Waals surface area contributed by atoms with Gasteiger partial charge in [0, 0.05) is 6.42 Å². The number of carbonyl (C=O) groups is 1. The lowest BCUT2D eigenvalue weighted by atomic mass is 10.1. The third kappa shape index (κ3) is 4.44. The van der Waals surface area contributed by atoms with Crippen molar-refractivity contribution in [1.29, 1.82) is 0 Å². The van der Waals surface area contributed by atoms with E-state index < -0.39 is 5.82 Å². The fourth-order valence-electron chi connectivity index (χ4n) is 1.36. The van der Waals surface area contributed by atoms with Gasteiger partial charge in [-0.15, -0.1) is 0 Å². The first-order chi connectivity index (χ1) is 8.43. The number of anilines is 1. The first-order valence-corrected chi connectivity index (χ1v) is 6.34. The summed E-state index contributed by atoms with van der Waals surface area (Å²) in [5.74, 6) is -0.486. The lowest BCUT2D eigenvalue weighted by Crippen LogP contribution is -2.16. The second-order valence-corrected chi connectivity index (χ2v) is 4.99. The quantitative estimate of drug-likeness (QED) is 0.873. The van der Waals surface area contributed by atoms with Crippen LogP contribution < -0.4 is 11.1 Å². The van der Waals surface area contributed by atoms with E-state index in [1.165, 1.54) is 0 Å². The second kappa shape index (κ2) is 6.92. The van der Waals surface area contributed by atoms with Crippen LogP contribution >= 0.6 is 23.2 Å². The van der Waals surface area contributed by atoms with E-state index in [1.54, 1.807) is 0 Å². The number of nitrogens with two attached hydrogens (primary N) is 1. The van der Waals surface area contributed by atoms with Crippen LogP contribution in [0.1, 0.15) is 19.8 Å². The molecule has 0 saturated heterocycles. The van der Waals surface area contributed by atoms with Crippen LogP contribution in [0.25, 0.3) is 0 Å². The van der Waals surface area contributed by atoms with Crippen molar-refractivity contribution in [3.05, 3.63) is 28.0 Å². The van der Waals surface area contributed by atoms with E-state index in [-0.39, 0.29) is 27.6 Å². The number of hydrogen-bond donors (Lipinski definition) is 2. The van der Waals surface area contributed by atoms with E-state index in [9.17, 15) is 9.18 Å². The van der Waals surface area contributed by atoms with E-state index in [0.29, 0.717) is 19.4 Å². The lowest BCUT2D eigenvalue weighted by Gasteiger charge is -2.11. The van der Waals surface area contributed by atoms with Gasteiger partial charge in [0.25, 0.3) is 0 Å². The smallest absolute Gasteiger partial charge is 0.224 e. The molecule has 6 heteroatoms. The van der Waals surface area contributed by atoms with Crippen molar-refractivity contribution >= 4 is 34.8 Å². The van der Waals surface area contributed by atoms with E-state index in [1.807, 2.05) is 6.92 Å². The fraction of sp³-hybridized carbons (Fsp3) is 0.417. The summed E-state index contributed by atoms with van der Waals surface area (Å²) in [6, 6.07) is 2.21. The summed E-state index contributed by atoms with van der Waals surface area (Å²) in [5, 5.41) is 2.74. The number of rotatable bonds is 5. The predicted octanol–water partition coefficient (Wildman–Crippen LogP) is 3.45.